The van der Waals surface area contributed by atoms with Gasteiger partial charge in [-0.3, -0.25) is 9.58 Å². The van der Waals surface area contributed by atoms with E-state index < -0.39 is 12.7 Å². The molecule has 0 N–H and O–H groups in total. The largest absolute Gasteiger partial charge is 0.408 e. The van der Waals surface area contributed by atoms with Gasteiger partial charge in [-0.25, -0.2) is 0 Å². The zero-order chi connectivity index (χ0) is 14.6. The average molecular weight is 277 g/mol. The smallest absolute Gasteiger partial charge is 0.296 e. The Kier molecular flexibility index (Phi) is 5.40. The maximum Gasteiger partial charge on any atom is 0.408 e. The minimum Gasteiger partial charge on any atom is -0.296 e. The second-order valence-corrected chi connectivity index (χ2v) is 4.73. The molecule has 0 amide bonds. The van der Waals surface area contributed by atoms with Crippen LogP contribution in [-0.4, -0.2) is 33.4 Å². The molecule has 0 aliphatic carbocycles. The van der Waals surface area contributed by atoms with Crippen molar-refractivity contribution in [3.05, 3.63) is 17.5 Å². The number of halogens is 3. The summed E-state index contributed by atoms with van der Waals surface area (Å²) in [5.74, 6) is 0. The molecule has 1 aliphatic heterocycles. The van der Waals surface area contributed by atoms with Gasteiger partial charge >= 0.3 is 6.18 Å². The van der Waals surface area contributed by atoms with Gasteiger partial charge in [0, 0.05) is 37.3 Å². The summed E-state index contributed by atoms with van der Waals surface area (Å²) in [6.45, 7) is 8.75. The molecule has 0 saturated heterocycles. The predicted octanol–water partition coefficient (Wildman–Crippen LogP) is 3.24. The number of aromatic nitrogens is 2. The zero-order valence-electron chi connectivity index (χ0n) is 12.0. The van der Waals surface area contributed by atoms with Gasteiger partial charge in [0.05, 0.1) is 5.69 Å². The molecule has 0 atom stereocenters. The van der Waals surface area contributed by atoms with E-state index in [1.54, 1.807) is 0 Å². The molecule has 6 heteroatoms. The number of rotatable bonds is 2. The van der Waals surface area contributed by atoms with Crippen molar-refractivity contribution in [2.24, 2.45) is 0 Å². The van der Waals surface area contributed by atoms with E-state index in [1.165, 1.54) is 6.20 Å². The van der Waals surface area contributed by atoms with Gasteiger partial charge in [0.15, 0.2) is 0 Å². The van der Waals surface area contributed by atoms with Gasteiger partial charge in [0.1, 0.15) is 6.54 Å². The minimum atomic E-state index is -4.20. The third-order valence-electron chi connectivity index (χ3n) is 3.01. The van der Waals surface area contributed by atoms with E-state index in [2.05, 4.69) is 23.8 Å². The van der Waals surface area contributed by atoms with E-state index in [1.807, 2.05) is 13.8 Å². The van der Waals surface area contributed by atoms with Crippen molar-refractivity contribution in [1.82, 2.24) is 14.7 Å². The number of nitrogens with zero attached hydrogens (tertiary/aromatic N) is 3. The first-order chi connectivity index (χ1) is 8.85. The first kappa shape index (κ1) is 16.0. The summed E-state index contributed by atoms with van der Waals surface area (Å²) in [6.07, 6.45) is -1.94. The molecule has 1 aliphatic rings. The van der Waals surface area contributed by atoms with Gasteiger partial charge in [0.2, 0.25) is 0 Å². The first-order valence-electron chi connectivity index (χ1n) is 6.71. The van der Waals surface area contributed by atoms with Gasteiger partial charge in [-0.2, -0.15) is 18.3 Å². The molecule has 2 rings (SSSR count). The van der Waals surface area contributed by atoms with Crippen molar-refractivity contribution in [2.45, 2.75) is 59.4 Å². The lowest BCUT2D eigenvalue weighted by atomic mass is 10.1. The Hall–Kier alpha value is -1.04. The summed E-state index contributed by atoms with van der Waals surface area (Å²) < 4.78 is 37.7. The third kappa shape index (κ3) is 4.53. The Morgan fingerprint density at radius 3 is 2.47 bits per heavy atom. The lowest BCUT2D eigenvalue weighted by Crippen LogP contribution is -2.35. The van der Waals surface area contributed by atoms with Crippen LogP contribution in [0.4, 0.5) is 13.2 Å². The topological polar surface area (TPSA) is 21.1 Å². The summed E-state index contributed by atoms with van der Waals surface area (Å²) in [5, 5.41) is 4.00. The highest BCUT2D eigenvalue weighted by atomic mass is 19.4. The maximum absolute atomic E-state index is 12.2. The minimum absolute atomic E-state index is 0.411. The average Bonchev–Trinajstić information content (AvgIpc) is 2.69. The fourth-order valence-electron chi connectivity index (χ4n) is 2.10. The number of hydrogen-bond donors (Lipinski definition) is 0. The van der Waals surface area contributed by atoms with Gasteiger partial charge in [-0.05, 0) is 13.8 Å². The molecule has 1 aromatic heterocycles. The summed E-state index contributed by atoms with van der Waals surface area (Å²) in [7, 11) is 0. The highest BCUT2D eigenvalue weighted by molar-refractivity contribution is 5.20. The van der Waals surface area contributed by atoms with E-state index in [9.17, 15) is 13.2 Å². The summed E-state index contributed by atoms with van der Waals surface area (Å²) in [6, 6.07) is 0.411. The molecule has 0 unspecified atom stereocenters. The molecular formula is C13H22F3N3. The molecule has 0 aromatic carbocycles. The summed E-state index contributed by atoms with van der Waals surface area (Å²) in [5.41, 5.74) is 1.74. The van der Waals surface area contributed by atoms with E-state index in [4.69, 9.17) is 0 Å². The quantitative estimate of drug-likeness (QED) is 0.827. The molecular weight excluding hydrogens is 255 g/mol. The fourth-order valence-corrected chi connectivity index (χ4v) is 2.10. The second-order valence-electron chi connectivity index (χ2n) is 4.73. The van der Waals surface area contributed by atoms with E-state index >= 15 is 0 Å². The second kappa shape index (κ2) is 6.41. The molecule has 0 radical (unpaired) electrons. The van der Waals surface area contributed by atoms with Crippen molar-refractivity contribution < 1.29 is 13.2 Å². The van der Waals surface area contributed by atoms with Crippen LogP contribution in [0.1, 0.15) is 39.0 Å². The van der Waals surface area contributed by atoms with Crippen molar-refractivity contribution >= 4 is 0 Å². The van der Waals surface area contributed by atoms with Gasteiger partial charge in [-0.1, -0.05) is 13.8 Å². The molecule has 0 saturated carbocycles. The Bertz CT molecular complexity index is 396. The lowest BCUT2D eigenvalue weighted by Gasteiger charge is -2.29. The molecule has 0 bridgehead atoms. The normalized spacial score (nSPS) is 16.0. The van der Waals surface area contributed by atoms with Crippen LogP contribution >= 0.6 is 0 Å². The van der Waals surface area contributed by atoms with Crippen LogP contribution in [0.2, 0.25) is 0 Å². The lowest BCUT2D eigenvalue weighted by molar-refractivity contribution is -0.142. The van der Waals surface area contributed by atoms with Gasteiger partial charge in [-0.15, -0.1) is 0 Å². The van der Waals surface area contributed by atoms with Crippen LogP contribution in [0.25, 0.3) is 0 Å². The number of hydrogen-bond acceptors (Lipinski definition) is 2. The number of alkyl halides is 3. The fraction of sp³-hybridized carbons (Fsp3) is 0.769. The highest BCUT2D eigenvalue weighted by Crippen LogP contribution is 2.22. The standard InChI is InChI=1S/C11H16F3N3.C2H6/c1-8(2)16-4-3-10-9(5-16)6-17(15-10)7-11(12,13)14;1-2/h6,8H,3-5,7H2,1-2H3;1-2H3. The molecule has 110 valence electrons. The molecule has 3 nitrogen and oxygen atoms in total. The van der Waals surface area contributed by atoms with Crippen molar-refractivity contribution in [1.29, 1.82) is 0 Å². The van der Waals surface area contributed by atoms with E-state index in [0.29, 0.717) is 12.6 Å². The SMILES string of the molecule is CC.CC(C)N1CCc2nn(CC(F)(F)F)cc2C1. The van der Waals surface area contributed by atoms with Crippen molar-refractivity contribution in [2.75, 3.05) is 6.54 Å². The Labute approximate surface area is 112 Å². The van der Waals surface area contributed by atoms with E-state index in [-0.39, 0.29) is 0 Å². The summed E-state index contributed by atoms with van der Waals surface area (Å²) in [4.78, 5) is 2.24. The number of fused-ring (bicyclic) bond motifs is 1. The van der Waals surface area contributed by atoms with Gasteiger partial charge < -0.3 is 0 Å². The van der Waals surface area contributed by atoms with Crippen LogP contribution in [0, 0.1) is 0 Å². The first-order valence-corrected chi connectivity index (χ1v) is 6.71. The molecule has 19 heavy (non-hydrogen) atoms. The third-order valence-corrected chi connectivity index (χ3v) is 3.01. The Balaban J connectivity index is 0.000000861. The van der Waals surface area contributed by atoms with Crippen LogP contribution in [0.5, 0.6) is 0 Å². The highest BCUT2D eigenvalue weighted by Gasteiger charge is 2.30. The molecule has 0 spiro atoms. The van der Waals surface area contributed by atoms with Crippen molar-refractivity contribution in [3.8, 4) is 0 Å². The molecule has 2 heterocycles. The van der Waals surface area contributed by atoms with Crippen LogP contribution < -0.4 is 0 Å². The molecule has 1 aromatic rings. The Morgan fingerprint density at radius 2 is 1.95 bits per heavy atom. The summed E-state index contributed by atoms with van der Waals surface area (Å²) >= 11 is 0. The Morgan fingerprint density at radius 1 is 1.32 bits per heavy atom. The van der Waals surface area contributed by atoms with Crippen LogP contribution in [0.15, 0.2) is 6.20 Å². The van der Waals surface area contributed by atoms with Crippen LogP contribution in [-0.2, 0) is 19.5 Å². The molecule has 0 fully saturated rings. The van der Waals surface area contributed by atoms with Crippen molar-refractivity contribution in [3.63, 3.8) is 0 Å². The van der Waals surface area contributed by atoms with Crippen LogP contribution in [0.3, 0.4) is 0 Å². The monoisotopic (exact) mass is 277 g/mol. The maximum atomic E-state index is 12.2. The zero-order valence-corrected chi connectivity index (χ0v) is 12.0. The van der Waals surface area contributed by atoms with E-state index in [0.717, 1.165) is 28.9 Å². The van der Waals surface area contributed by atoms with Gasteiger partial charge in [0.25, 0.3) is 0 Å². The predicted molar refractivity (Wildman–Crippen MR) is 68.9 cm³/mol.